The molecule has 0 saturated carbocycles. The number of nitrogens with one attached hydrogen (secondary N) is 1. The number of ether oxygens (including phenoxy) is 1. The Kier molecular flexibility index (Phi) is 4.17. The van der Waals surface area contributed by atoms with E-state index in [4.69, 9.17) is 4.74 Å². The van der Waals surface area contributed by atoms with Crippen LogP contribution in [0.2, 0.25) is 0 Å². The summed E-state index contributed by atoms with van der Waals surface area (Å²) < 4.78 is 21.1. The van der Waals surface area contributed by atoms with Crippen molar-refractivity contribution in [1.82, 2.24) is 25.0 Å². The van der Waals surface area contributed by atoms with Gasteiger partial charge in [-0.15, -0.1) is 10.2 Å². The Morgan fingerprint density at radius 3 is 3.11 bits per heavy atom. The first-order chi connectivity index (χ1) is 13.2. The van der Waals surface area contributed by atoms with Crippen LogP contribution in [0.25, 0.3) is 0 Å². The zero-order valence-corrected chi connectivity index (χ0v) is 15.0. The van der Waals surface area contributed by atoms with Crippen LogP contribution in [0.1, 0.15) is 30.1 Å². The van der Waals surface area contributed by atoms with Crippen molar-refractivity contribution in [3.63, 3.8) is 0 Å². The second-order valence-electron chi connectivity index (χ2n) is 7.51. The van der Waals surface area contributed by atoms with Gasteiger partial charge in [0, 0.05) is 32.2 Å². The zero-order valence-electron chi connectivity index (χ0n) is 15.0. The Morgan fingerprint density at radius 2 is 2.26 bits per heavy atom. The van der Waals surface area contributed by atoms with Crippen molar-refractivity contribution in [3.05, 3.63) is 47.3 Å². The van der Waals surface area contributed by atoms with Crippen molar-refractivity contribution < 1.29 is 13.9 Å². The van der Waals surface area contributed by atoms with Crippen molar-refractivity contribution in [3.8, 4) is 0 Å². The van der Waals surface area contributed by atoms with Crippen LogP contribution in [-0.2, 0) is 29.0 Å². The molecule has 3 aliphatic heterocycles. The largest absolute Gasteiger partial charge is 0.376 e. The molecule has 5 rings (SSSR count). The van der Waals surface area contributed by atoms with E-state index in [2.05, 4.69) is 20.1 Å². The summed E-state index contributed by atoms with van der Waals surface area (Å²) in [5.41, 5.74) is 0.866. The lowest BCUT2D eigenvalue weighted by Crippen LogP contribution is -2.48. The Morgan fingerprint density at radius 1 is 1.33 bits per heavy atom. The van der Waals surface area contributed by atoms with Crippen LogP contribution < -0.4 is 5.32 Å². The van der Waals surface area contributed by atoms with Crippen molar-refractivity contribution in [2.45, 2.75) is 50.5 Å². The molecule has 1 N–H and O–H groups in total. The van der Waals surface area contributed by atoms with E-state index in [0.717, 1.165) is 36.7 Å². The lowest BCUT2D eigenvalue weighted by molar-refractivity contribution is -0.135. The maximum absolute atomic E-state index is 13.4. The molecule has 0 spiro atoms. The fourth-order valence-electron chi connectivity index (χ4n) is 4.39. The van der Waals surface area contributed by atoms with Gasteiger partial charge in [-0.05, 0) is 30.5 Å². The Labute approximate surface area is 156 Å². The normalized spacial score (nSPS) is 26.9. The predicted molar refractivity (Wildman–Crippen MR) is 94.3 cm³/mol. The summed E-state index contributed by atoms with van der Waals surface area (Å²) >= 11 is 0. The van der Waals surface area contributed by atoms with Crippen molar-refractivity contribution in [2.75, 3.05) is 13.2 Å². The van der Waals surface area contributed by atoms with Crippen LogP contribution in [0.4, 0.5) is 4.39 Å². The average molecular weight is 371 g/mol. The monoisotopic (exact) mass is 371 g/mol. The highest BCUT2D eigenvalue weighted by Gasteiger charge is 2.42. The minimum atomic E-state index is -0.250. The van der Waals surface area contributed by atoms with Crippen molar-refractivity contribution in [2.24, 2.45) is 0 Å². The average Bonchev–Trinajstić information content (AvgIpc) is 3.36. The molecule has 4 heterocycles. The van der Waals surface area contributed by atoms with E-state index in [1.807, 2.05) is 11.0 Å². The number of rotatable bonds is 3. The first-order valence-electron chi connectivity index (χ1n) is 9.49. The van der Waals surface area contributed by atoms with E-state index in [0.29, 0.717) is 32.1 Å². The minimum Gasteiger partial charge on any atom is -0.376 e. The molecule has 1 aromatic heterocycles. The predicted octanol–water partition coefficient (Wildman–Crippen LogP) is 0.870. The third kappa shape index (κ3) is 3.12. The maximum Gasteiger partial charge on any atom is 0.240 e. The molecular weight excluding hydrogens is 349 g/mol. The number of carbonyl (C=O) groups excluding carboxylic acids is 1. The lowest BCUT2D eigenvalue weighted by Gasteiger charge is -2.30. The Bertz CT molecular complexity index is 858. The molecule has 3 atom stereocenters. The number of aromatic nitrogens is 3. The quantitative estimate of drug-likeness (QED) is 0.867. The van der Waals surface area contributed by atoms with E-state index >= 15 is 0 Å². The molecule has 2 saturated heterocycles. The van der Waals surface area contributed by atoms with Gasteiger partial charge in [-0.1, -0.05) is 12.1 Å². The van der Waals surface area contributed by atoms with Crippen molar-refractivity contribution >= 4 is 5.91 Å². The number of benzene rings is 1. The van der Waals surface area contributed by atoms with Crippen LogP contribution >= 0.6 is 0 Å². The number of fused-ring (bicyclic) bond motifs is 2. The molecule has 142 valence electrons. The second kappa shape index (κ2) is 6.69. The first kappa shape index (κ1) is 16.8. The van der Waals surface area contributed by atoms with Gasteiger partial charge < -0.3 is 19.5 Å². The summed E-state index contributed by atoms with van der Waals surface area (Å²) in [5, 5.41) is 12.0. The molecule has 0 bridgehead atoms. The van der Waals surface area contributed by atoms with E-state index in [-0.39, 0.29) is 23.9 Å². The molecular formula is C19H22FN5O2. The highest BCUT2D eigenvalue weighted by molar-refractivity contribution is 5.82. The SMILES string of the molecule is O=C([C@@H]1C[C@@H]2OCC[C@@H]2N1)N1CCn2c(Cc3cccc(F)c3)nnc2C1. The number of carbonyl (C=O) groups is 1. The van der Waals surface area contributed by atoms with Gasteiger partial charge >= 0.3 is 0 Å². The summed E-state index contributed by atoms with van der Waals surface area (Å²) in [4.78, 5) is 14.7. The van der Waals surface area contributed by atoms with E-state index in [1.54, 1.807) is 6.07 Å². The molecule has 0 radical (unpaired) electrons. The summed E-state index contributed by atoms with van der Waals surface area (Å²) in [7, 11) is 0. The molecule has 8 heteroatoms. The van der Waals surface area contributed by atoms with Gasteiger partial charge in [-0.2, -0.15) is 0 Å². The molecule has 0 unspecified atom stereocenters. The number of amides is 1. The van der Waals surface area contributed by atoms with Crippen LogP contribution in [-0.4, -0.2) is 56.9 Å². The number of nitrogens with zero attached hydrogens (tertiary/aromatic N) is 4. The molecule has 1 amide bonds. The van der Waals surface area contributed by atoms with Gasteiger partial charge in [0.25, 0.3) is 0 Å². The maximum atomic E-state index is 13.4. The fraction of sp³-hybridized carbons (Fsp3) is 0.526. The van der Waals surface area contributed by atoms with Crippen LogP contribution in [0.3, 0.4) is 0 Å². The highest BCUT2D eigenvalue weighted by Crippen LogP contribution is 2.27. The zero-order chi connectivity index (χ0) is 18.4. The molecule has 27 heavy (non-hydrogen) atoms. The van der Waals surface area contributed by atoms with Gasteiger partial charge in [-0.3, -0.25) is 4.79 Å². The van der Waals surface area contributed by atoms with E-state index < -0.39 is 0 Å². The lowest BCUT2D eigenvalue weighted by atomic mass is 10.1. The molecule has 1 aromatic carbocycles. The topological polar surface area (TPSA) is 72.3 Å². The first-order valence-corrected chi connectivity index (χ1v) is 9.49. The molecule has 0 aliphatic carbocycles. The van der Waals surface area contributed by atoms with Gasteiger partial charge in [0.05, 0.1) is 18.7 Å². The van der Waals surface area contributed by atoms with E-state index in [9.17, 15) is 9.18 Å². The van der Waals surface area contributed by atoms with Crippen LogP contribution in [0, 0.1) is 5.82 Å². The van der Waals surface area contributed by atoms with Gasteiger partial charge in [0.2, 0.25) is 5.91 Å². The summed E-state index contributed by atoms with van der Waals surface area (Å²) in [6, 6.07) is 6.68. The number of hydrogen-bond acceptors (Lipinski definition) is 5. The van der Waals surface area contributed by atoms with Crippen molar-refractivity contribution in [1.29, 1.82) is 0 Å². The summed E-state index contributed by atoms with van der Waals surface area (Å²) in [6.07, 6.45) is 2.43. The summed E-state index contributed by atoms with van der Waals surface area (Å²) in [5.74, 6) is 1.47. The third-order valence-electron chi connectivity index (χ3n) is 5.78. The standard InChI is InChI=1S/C19H22FN5O2/c20-13-3-1-2-12(8-13)9-17-22-23-18-11-24(5-6-25(17)18)19(26)15-10-16-14(21-15)4-7-27-16/h1-3,8,14-16,21H,4-7,9-11H2/t14-,15-,16-/m0/s1. The van der Waals surface area contributed by atoms with Gasteiger partial charge in [-0.25, -0.2) is 4.39 Å². The van der Waals surface area contributed by atoms with Crippen LogP contribution in [0.15, 0.2) is 24.3 Å². The van der Waals surface area contributed by atoms with E-state index in [1.165, 1.54) is 12.1 Å². The number of hydrogen-bond donors (Lipinski definition) is 1. The second-order valence-corrected chi connectivity index (χ2v) is 7.51. The minimum absolute atomic E-state index is 0.119. The summed E-state index contributed by atoms with van der Waals surface area (Å²) in [6.45, 7) is 2.54. The highest BCUT2D eigenvalue weighted by atomic mass is 19.1. The Balaban J connectivity index is 1.27. The molecule has 2 aromatic rings. The third-order valence-corrected chi connectivity index (χ3v) is 5.78. The smallest absolute Gasteiger partial charge is 0.240 e. The molecule has 7 nitrogen and oxygen atoms in total. The fourth-order valence-corrected chi connectivity index (χ4v) is 4.39. The number of halogens is 1. The van der Waals surface area contributed by atoms with Crippen LogP contribution in [0.5, 0.6) is 0 Å². The van der Waals surface area contributed by atoms with Gasteiger partial charge in [0.1, 0.15) is 11.6 Å². The molecule has 2 fully saturated rings. The molecule has 3 aliphatic rings. The Hall–Kier alpha value is -2.32. The van der Waals surface area contributed by atoms with Gasteiger partial charge in [0.15, 0.2) is 5.82 Å².